The molecule has 2 N–H and O–H groups in total. The number of carbonyl (C=O) groups excluding carboxylic acids is 1. The predicted octanol–water partition coefficient (Wildman–Crippen LogP) is 1.59. The number of alkyl halides is 1. The second-order valence-electron chi connectivity index (χ2n) is 2.83. The van der Waals surface area contributed by atoms with Crippen LogP contribution in [0.5, 0.6) is 0 Å². The molecule has 1 aromatic carbocycles. The molecule has 0 fully saturated rings. The number of nitrogens with two attached hydrogens (primary N) is 1. The molecule has 4 nitrogen and oxygen atoms in total. The summed E-state index contributed by atoms with van der Waals surface area (Å²) in [7, 11) is 0. The van der Waals surface area contributed by atoms with E-state index in [-0.39, 0.29) is 0 Å². The van der Waals surface area contributed by atoms with Gasteiger partial charge in [-0.15, -0.1) is 11.6 Å². The van der Waals surface area contributed by atoms with Crippen LogP contribution in [0.1, 0.15) is 11.1 Å². The summed E-state index contributed by atoms with van der Waals surface area (Å²) in [6, 6.07) is 7.15. The molecule has 72 valence electrons. The zero-order valence-corrected chi connectivity index (χ0v) is 7.86. The lowest BCUT2D eigenvalue weighted by molar-refractivity contribution is -0.117. The maximum absolute atomic E-state index is 10.8. The van der Waals surface area contributed by atoms with Crippen molar-refractivity contribution >= 4 is 28.5 Å². The minimum absolute atomic E-state index is 0.370. The number of primary amides is 1. The minimum Gasteiger partial charge on any atom is -0.368 e. The molecule has 5 heteroatoms. The molecule has 2 aromatic rings. The first-order valence-electron chi connectivity index (χ1n) is 3.98. The lowest BCUT2D eigenvalue weighted by Crippen LogP contribution is -2.17. The van der Waals surface area contributed by atoms with Crippen LogP contribution in [-0.4, -0.2) is 11.1 Å². The van der Waals surface area contributed by atoms with Crippen molar-refractivity contribution in [1.82, 2.24) is 5.16 Å². The Bertz CT molecular complexity index is 480. The summed E-state index contributed by atoms with van der Waals surface area (Å²) in [5, 5.41) is 3.48. The summed E-state index contributed by atoms with van der Waals surface area (Å²) >= 11 is 5.76. The highest BCUT2D eigenvalue weighted by Crippen LogP contribution is 2.27. The van der Waals surface area contributed by atoms with E-state index >= 15 is 0 Å². The van der Waals surface area contributed by atoms with E-state index in [1.165, 1.54) is 0 Å². The summed E-state index contributed by atoms with van der Waals surface area (Å²) in [5.41, 5.74) is 6.03. The van der Waals surface area contributed by atoms with E-state index in [0.29, 0.717) is 16.7 Å². The van der Waals surface area contributed by atoms with Gasteiger partial charge in [-0.2, -0.15) is 0 Å². The van der Waals surface area contributed by atoms with Crippen LogP contribution in [0.3, 0.4) is 0 Å². The topological polar surface area (TPSA) is 69.1 Å². The van der Waals surface area contributed by atoms with E-state index in [0.717, 1.165) is 0 Å². The van der Waals surface area contributed by atoms with Gasteiger partial charge in [0, 0.05) is 5.39 Å². The van der Waals surface area contributed by atoms with Crippen molar-refractivity contribution in [2.75, 3.05) is 0 Å². The van der Waals surface area contributed by atoms with Gasteiger partial charge in [0.1, 0.15) is 5.69 Å². The number of fused-ring (bicyclic) bond motifs is 1. The van der Waals surface area contributed by atoms with E-state index in [4.69, 9.17) is 21.9 Å². The van der Waals surface area contributed by atoms with Crippen LogP contribution in [0, 0.1) is 0 Å². The first kappa shape index (κ1) is 9.02. The highest BCUT2D eigenvalue weighted by Gasteiger charge is 2.21. The largest absolute Gasteiger partial charge is 0.368 e. The van der Waals surface area contributed by atoms with Crippen LogP contribution in [-0.2, 0) is 4.79 Å². The molecule has 0 bridgehead atoms. The molecule has 0 aliphatic rings. The van der Waals surface area contributed by atoms with Gasteiger partial charge in [0.05, 0.1) is 0 Å². The van der Waals surface area contributed by atoms with Crippen molar-refractivity contribution in [3.63, 3.8) is 0 Å². The number of aromatic nitrogens is 1. The maximum Gasteiger partial charge on any atom is 0.241 e. The van der Waals surface area contributed by atoms with Crippen molar-refractivity contribution in [1.29, 1.82) is 0 Å². The molecular weight excluding hydrogens is 204 g/mol. The fourth-order valence-electron chi connectivity index (χ4n) is 1.22. The first-order valence-corrected chi connectivity index (χ1v) is 4.41. The minimum atomic E-state index is -0.946. The normalized spacial score (nSPS) is 12.9. The number of hydrogen-bond acceptors (Lipinski definition) is 3. The highest BCUT2D eigenvalue weighted by molar-refractivity contribution is 6.31. The first-order chi connectivity index (χ1) is 6.70. The van der Waals surface area contributed by atoms with Crippen molar-refractivity contribution < 1.29 is 9.32 Å². The standard InChI is InChI=1S/C9H7ClN2O2/c10-7(9(11)13)8-5-3-1-2-4-6(5)14-12-8/h1-4,7H,(H2,11,13). The van der Waals surface area contributed by atoms with Gasteiger partial charge < -0.3 is 10.3 Å². The van der Waals surface area contributed by atoms with E-state index in [9.17, 15) is 4.79 Å². The third-order valence-electron chi connectivity index (χ3n) is 1.90. The van der Waals surface area contributed by atoms with E-state index in [2.05, 4.69) is 5.16 Å². The lowest BCUT2D eigenvalue weighted by Gasteiger charge is -1.99. The fourth-order valence-corrected chi connectivity index (χ4v) is 1.38. The zero-order chi connectivity index (χ0) is 10.1. The van der Waals surface area contributed by atoms with Crippen LogP contribution in [0.2, 0.25) is 0 Å². The smallest absolute Gasteiger partial charge is 0.241 e. The lowest BCUT2D eigenvalue weighted by atomic mass is 10.1. The van der Waals surface area contributed by atoms with Crippen molar-refractivity contribution in [3.05, 3.63) is 30.0 Å². The quantitative estimate of drug-likeness (QED) is 0.766. The second kappa shape index (κ2) is 3.31. The summed E-state index contributed by atoms with van der Waals surface area (Å²) in [6.07, 6.45) is 0. The summed E-state index contributed by atoms with van der Waals surface area (Å²) in [6.45, 7) is 0. The van der Waals surface area contributed by atoms with Gasteiger partial charge in [-0.1, -0.05) is 17.3 Å². The molecular formula is C9H7ClN2O2. The zero-order valence-electron chi connectivity index (χ0n) is 7.11. The summed E-state index contributed by atoms with van der Waals surface area (Å²) in [4.78, 5) is 10.8. The number of para-hydroxylation sites is 1. The van der Waals surface area contributed by atoms with E-state index in [1.807, 2.05) is 12.1 Å². The molecule has 0 aliphatic carbocycles. The Morgan fingerprint density at radius 2 is 2.21 bits per heavy atom. The van der Waals surface area contributed by atoms with Gasteiger partial charge in [0.15, 0.2) is 11.0 Å². The highest BCUT2D eigenvalue weighted by atomic mass is 35.5. The summed E-state index contributed by atoms with van der Waals surface area (Å²) in [5.74, 6) is -0.634. The molecule has 1 unspecified atom stereocenters. The third-order valence-corrected chi connectivity index (χ3v) is 2.32. The Balaban J connectivity index is 2.58. The average molecular weight is 211 g/mol. The van der Waals surface area contributed by atoms with Gasteiger partial charge in [0.2, 0.25) is 5.91 Å². The molecule has 1 atom stereocenters. The van der Waals surface area contributed by atoms with Crippen LogP contribution in [0.25, 0.3) is 11.0 Å². The van der Waals surface area contributed by atoms with Crippen molar-refractivity contribution in [2.24, 2.45) is 5.73 Å². The second-order valence-corrected chi connectivity index (χ2v) is 3.27. The van der Waals surface area contributed by atoms with E-state index < -0.39 is 11.3 Å². The van der Waals surface area contributed by atoms with Gasteiger partial charge in [0.25, 0.3) is 0 Å². The molecule has 0 spiro atoms. The van der Waals surface area contributed by atoms with Crippen LogP contribution in [0.15, 0.2) is 28.8 Å². The van der Waals surface area contributed by atoms with Gasteiger partial charge in [-0.25, -0.2) is 0 Å². The number of hydrogen-bond donors (Lipinski definition) is 1. The molecule has 0 saturated heterocycles. The Morgan fingerprint density at radius 1 is 1.50 bits per heavy atom. The molecule has 0 radical (unpaired) electrons. The third kappa shape index (κ3) is 1.33. The van der Waals surface area contributed by atoms with Crippen molar-refractivity contribution in [3.8, 4) is 0 Å². The fraction of sp³-hybridized carbons (Fsp3) is 0.111. The van der Waals surface area contributed by atoms with Gasteiger partial charge in [-0.05, 0) is 12.1 Å². The van der Waals surface area contributed by atoms with Gasteiger partial charge >= 0.3 is 0 Å². The van der Waals surface area contributed by atoms with E-state index in [1.54, 1.807) is 12.1 Å². The molecule has 14 heavy (non-hydrogen) atoms. The molecule has 0 aliphatic heterocycles. The Morgan fingerprint density at radius 3 is 2.93 bits per heavy atom. The number of amides is 1. The number of rotatable bonds is 2. The molecule has 1 aromatic heterocycles. The Labute approximate surface area is 84.6 Å². The predicted molar refractivity (Wildman–Crippen MR) is 51.8 cm³/mol. The molecule has 1 amide bonds. The number of carbonyl (C=O) groups is 1. The molecule has 1 heterocycles. The monoisotopic (exact) mass is 210 g/mol. The van der Waals surface area contributed by atoms with Crippen LogP contribution < -0.4 is 5.73 Å². The number of halogens is 1. The maximum atomic E-state index is 10.8. The molecule has 0 saturated carbocycles. The Kier molecular flexibility index (Phi) is 2.13. The molecule has 2 rings (SSSR count). The number of nitrogens with zero attached hydrogens (tertiary/aromatic N) is 1. The van der Waals surface area contributed by atoms with Crippen LogP contribution >= 0.6 is 11.6 Å². The van der Waals surface area contributed by atoms with Crippen molar-refractivity contribution in [2.45, 2.75) is 5.38 Å². The number of benzene rings is 1. The SMILES string of the molecule is NC(=O)C(Cl)c1noc2ccccc12. The van der Waals surface area contributed by atoms with Crippen LogP contribution in [0.4, 0.5) is 0 Å². The average Bonchev–Trinajstić information content (AvgIpc) is 2.60. The van der Waals surface area contributed by atoms with Gasteiger partial charge in [-0.3, -0.25) is 4.79 Å². The summed E-state index contributed by atoms with van der Waals surface area (Å²) < 4.78 is 4.98. The Hall–Kier alpha value is -1.55.